The van der Waals surface area contributed by atoms with Crippen molar-refractivity contribution >= 4 is 37.5 Å². The van der Waals surface area contributed by atoms with Gasteiger partial charge in [0.25, 0.3) is 10.0 Å². The van der Waals surface area contributed by atoms with Crippen molar-refractivity contribution in [2.75, 3.05) is 17.5 Å². The molecule has 6 nitrogen and oxygen atoms in total. The van der Waals surface area contributed by atoms with E-state index < -0.39 is 15.9 Å². The van der Waals surface area contributed by atoms with Gasteiger partial charge >= 0.3 is 0 Å². The lowest BCUT2D eigenvalue weighted by molar-refractivity contribution is -0.120. The van der Waals surface area contributed by atoms with E-state index in [2.05, 4.69) is 21.2 Å². The van der Waals surface area contributed by atoms with Gasteiger partial charge in [0.1, 0.15) is 12.3 Å². The van der Waals surface area contributed by atoms with E-state index >= 15 is 0 Å². The number of carbonyl (C=O) groups is 1. The molecule has 0 fully saturated rings. The minimum atomic E-state index is -3.95. The number of rotatable bonds is 9. The predicted octanol–water partition coefficient (Wildman–Crippen LogP) is 5.23. The quantitative estimate of drug-likeness (QED) is 0.411. The highest BCUT2D eigenvalue weighted by Gasteiger charge is 2.27. The first-order valence-electron chi connectivity index (χ1n) is 10.6. The molecule has 1 atom stereocenters. The van der Waals surface area contributed by atoms with Crippen LogP contribution in [0.1, 0.15) is 31.0 Å². The molecule has 8 heteroatoms. The number of nitrogens with one attached hydrogen (secondary N) is 1. The summed E-state index contributed by atoms with van der Waals surface area (Å²) in [6.45, 7) is 5.88. The summed E-state index contributed by atoms with van der Waals surface area (Å²) in [4.78, 5) is 13.1. The summed E-state index contributed by atoms with van der Waals surface area (Å²) in [6, 6.07) is 20.5. The van der Waals surface area contributed by atoms with Crippen LogP contribution in [0.15, 0.2) is 82.2 Å². The summed E-state index contributed by atoms with van der Waals surface area (Å²) >= 11 is 3.37. The third-order valence-corrected chi connectivity index (χ3v) is 7.40. The van der Waals surface area contributed by atoms with Crippen molar-refractivity contribution in [2.24, 2.45) is 0 Å². The van der Waals surface area contributed by atoms with E-state index in [0.717, 1.165) is 25.7 Å². The van der Waals surface area contributed by atoms with Gasteiger partial charge in [0.15, 0.2) is 0 Å². The average molecular weight is 531 g/mol. The Kier molecular flexibility index (Phi) is 8.15. The molecule has 0 bridgehead atoms. The highest BCUT2D eigenvalue weighted by atomic mass is 79.9. The molecule has 3 aromatic carbocycles. The number of amides is 1. The first-order chi connectivity index (χ1) is 15.7. The van der Waals surface area contributed by atoms with Crippen LogP contribution in [0.25, 0.3) is 0 Å². The lowest BCUT2D eigenvalue weighted by atomic mass is 10.1. The second-order valence-electron chi connectivity index (χ2n) is 7.59. The lowest BCUT2D eigenvalue weighted by Crippen LogP contribution is -2.41. The van der Waals surface area contributed by atoms with Gasteiger partial charge in [-0.25, -0.2) is 8.42 Å². The van der Waals surface area contributed by atoms with E-state index in [1.54, 1.807) is 48.5 Å². The second-order valence-corrected chi connectivity index (χ2v) is 10.4. The molecule has 0 aliphatic carbocycles. The Labute approximate surface area is 203 Å². The highest BCUT2D eigenvalue weighted by Crippen LogP contribution is 2.26. The fourth-order valence-electron chi connectivity index (χ4n) is 3.28. The number of hydrogen-bond donors (Lipinski definition) is 1. The largest absolute Gasteiger partial charge is 0.494 e. The van der Waals surface area contributed by atoms with Crippen LogP contribution >= 0.6 is 15.9 Å². The first kappa shape index (κ1) is 24.8. The number of benzene rings is 3. The molecule has 0 aromatic heterocycles. The van der Waals surface area contributed by atoms with Crippen LogP contribution in [-0.4, -0.2) is 27.5 Å². The van der Waals surface area contributed by atoms with Crippen molar-refractivity contribution in [3.05, 3.63) is 88.4 Å². The van der Waals surface area contributed by atoms with Gasteiger partial charge in [-0.3, -0.25) is 9.10 Å². The van der Waals surface area contributed by atoms with Crippen molar-refractivity contribution < 1.29 is 17.9 Å². The molecule has 0 heterocycles. The smallest absolute Gasteiger partial charge is 0.264 e. The normalized spacial score (nSPS) is 12.1. The zero-order valence-electron chi connectivity index (χ0n) is 18.8. The van der Waals surface area contributed by atoms with Crippen LogP contribution < -0.4 is 14.4 Å². The molecule has 3 rings (SSSR count). The van der Waals surface area contributed by atoms with Crippen molar-refractivity contribution in [3.63, 3.8) is 0 Å². The van der Waals surface area contributed by atoms with Crippen LogP contribution in [0.3, 0.4) is 0 Å². The van der Waals surface area contributed by atoms with E-state index in [-0.39, 0.29) is 17.5 Å². The molecule has 1 N–H and O–H groups in total. The van der Waals surface area contributed by atoms with Crippen LogP contribution in [0, 0.1) is 6.92 Å². The number of sulfonamides is 1. The maximum atomic E-state index is 13.4. The summed E-state index contributed by atoms with van der Waals surface area (Å²) in [5.41, 5.74) is 2.25. The molecule has 0 unspecified atom stereocenters. The van der Waals surface area contributed by atoms with E-state index in [0.29, 0.717) is 12.3 Å². The summed E-state index contributed by atoms with van der Waals surface area (Å²) < 4.78 is 34.3. The molecule has 0 saturated heterocycles. The minimum Gasteiger partial charge on any atom is -0.494 e. The maximum absolute atomic E-state index is 13.4. The Balaban J connectivity index is 1.83. The Morgan fingerprint density at radius 2 is 1.61 bits per heavy atom. The zero-order valence-corrected chi connectivity index (χ0v) is 21.2. The number of ether oxygens (including phenoxy) is 1. The Hall–Kier alpha value is -2.84. The SMILES string of the molecule is CCOc1ccc([C@H](C)NC(=O)CN(c2ccc(Br)cc2)S(=O)(=O)c2ccc(C)cc2)cc1. The van der Waals surface area contributed by atoms with E-state index in [9.17, 15) is 13.2 Å². The summed E-state index contributed by atoms with van der Waals surface area (Å²) in [5.74, 6) is 0.348. The number of anilines is 1. The fourth-order valence-corrected chi connectivity index (χ4v) is 4.97. The number of carbonyl (C=O) groups excluding carboxylic acids is 1. The highest BCUT2D eigenvalue weighted by molar-refractivity contribution is 9.10. The predicted molar refractivity (Wildman–Crippen MR) is 134 cm³/mol. The number of aryl methyl sites for hydroxylation is 1. The lowest BCUT2D eigenvalue weighted by Gasteiger charge is -2.25. The Morgan fingerprint density at radius 3 is 2.18 bits per heavy atom. The third-order valence-electron chi connectivity index (χ3n) is 5.08. The van der Waals surface area contributed by atoms with Crippen molar-refractivity contribution in [1.29, 1.82) is 0 Å². The van der Waals surface area contributed by atoms with Gasteiger partial charge in [-0.05, 0) is 74.9 Å². The average Bonchev–Trinajstić information content (AvgIpc) is 2.79. The molecule has 0 aliphatic rings. The molecule has 0 radical (unpaired) electrons. The van der Waals surface area contributed by atoms with E-state index in [4.69, 9.17) is 4.74 Å². The molecule has 33 heavy (non-hydrogen) atoms. The van der Waals surface area contributed by atoms with Gasteiger partial charge in [0, 0.05) is 4.47 Å². The second kappa shape index (κ2) is 10.9. The third kappa shape index (κ3) is 6.36. The molecule has 3 aromatic rings. The molecule has 0 aliphatic heterocycles. The van der Waals surface area contributed by atoms with Gasteiger partial charge in [0.05, 0.1) is 23.2 Å². The van der Waals surface area contributed by atoms with Gasteiger partial charge in [-0.15, -0.1) is 0 Å². The van der Waals surface area contributed by atoms with E-state index in [1.165, 1.54) is 0 Å². The van der Waals surface area contributed by atoms with Crippen LogP contribution in [0.4, 0.5) is 5.69 Å². The van der Waals surface area contributed by atoms with Crippen LogP contribution in [0.5, 0.6) is 5.75 Å². The maximum Gasteiger partial charge on any atom is 0.264 e. The van der Waals surface area contributed by atoms with Gasteiger partial charge in [0.2, 0.25) is 5.91 Å². The number of hydrogen-bond acceptors (Lipinski definition) is 4. The van der Waals surface area contributed by atoms with Gasteiger partial charge < -0.3 is 10.1 Å². The zero-order chi connectivity index (χ0) is 24.0. The summed E-state index contributed by atoms with van der Waals surface area (Å²) in [6.07, 6.45) is 0. The Morgan fingerprint density at radius 1 is 1.00 bits per heavy atom. The molecule has 1 amide bonds. The van der Waals surface area contributed by atoms with Gasteiger partial charge in [-0.1, -0.05) is 45.8 Å². The monoisotopic (exact) mass is 530 g/mol. The van der Waals surface area contributed by atoms with Crippen LogP contribution in [-0.2, 0) is 14.8 Å². The molecule has 0 saturated carbocycles. The molecule has 174 valence electrons. The van der Waals surface area contributed by atoms with Crippen LogP contribution in [0.2, 0.25) is 0 Å². The number of nitrogens with zero attached hydrogens (tertiary/aromatic N) is 1. The molecular formula is C25H27BrN2O4S. The molecule has 0 spiro atoms. The molecular weight excluding hydrogens is 504 g/mol. The fraction of sp³-hybridized carbons (Fsp3) is 0.240. The topological polar surface area (TPSA) is 75.7 Å². The summed E-state index contributed by atoms with van der Waals surface area (Å²) in [7, 11) is -3.95. The van der Waals surface area contributed by atoms with Crippen molar-refractivity contribution in [2.45, 2.75) is 31.7 Å². The van der Waals surface area contributed by atoms with Crippen molar-refractivity contribution in [3.8, 4) is 5.75 Å². The minimum absolute atomic E-state index is 0.128. The number of halogens is 1. The van der Waals surface area contributed by atoms with Crippen molar-refractivity contribution in [1.82, 2.24) is 5.32 Å². The summed E-state index contributed by atoms with van der Waals surface area (Å²) in [5, 5.41) is 2.90. The van der Waals surface area contributed by atoms with E-state index in [1.807, 2.05) is 45.0 Å². The van der Waals surface area contributed by atoms with Gasteiger partial charge in [-0.2, -0.15) is 0 Å². The first-order valence-corrected chi connectivity index (χ1v) is 12.8. The Bertz CT molecular complexity index is 1180. The standard InChI is InChI=1S/C25H27BrN2O4S/c1-4-32-23-13-7-20(8-14-23)19(3)27-25(29)17-28(22-11-9-21(26)10-12-22)33(30,31)24-15-5-18(2)6-16-24/h5-16,19H,4,17H2,1-3H3,(H,27,29)/t19-/m0/s1.